The second kappa shape index (κ2) is 3.68. The number of hydrogen-bond acceptors (Lipinski definition) is 4. The molecule has 3 rings (SSSR count). The zero-order valence-electron chi connectivity index (χ0n) is 10.8. The Morgan fingerprint density at radius 2 is 2.11 bits per heavy atom. The lowest BCUT2D eigenvalue weighted by atomic mass is 9.88. The molecular weight excluding hydrogens is 248 g/mol. The largest absolute Gasteiger partial charge is 0.426 e. The molecule has 18 heavy (non-hydrogen) atoms. The molecule has 1 aromatic heterocycles. The zero-order chi connectivity index (χ0) is 13.0. The van der Waals surface area contributed by atoms with Gasteiger partial charge in [0.1, 0.15) is 0 Å². The van der Waals surface area contributed by atoms with E-state index in [0.717, 1.165) is 23.3 Å². The fourth-order valence-electron chi connectivity index (χ4n) is 2.75. The fraction of sp³-hybridized carbons (Fsp3) is 0.500. The number of esters is 1. The molecule has 0 N–H and O–H groups in total. The van der Waals surface area contributed by atoms with Crippen molar-refractivity contribution in [3.63, 3.8) is 0 Å². The van der Waals surface area contributed by atoms with Crippen LogP contribution in [0.3, 0.4) is 0 Å². The van der Waals surface area contributed by atoms with Crippen LogP contribution < -0.4 is 0 Å². The average molecular weight is 264 g/mol. The fourth-order valence-corrected chi connectivity index (χ4v) is 3.53. The molecular formula is C14H16O3S. The van der Waals surface area contributed by atoms with Crippen molar-refractivity contribution < 1.29 is 14.3 Å². The molecule has 3 nitrogen and oxygen atoms in total. The van der Waals surface area contributed by atoms with Gasteiger partial charge in [-0.3, -0.25) is 0 Å². The quantitative estimate of drug-likeness (QED) is 0.730. The summed E-state index contributed by atoms with van der Waals surface area (Å²) in [6.45, 7) is 5.92. The summed E-state index contributed by atoms with van der Waals surface area (Å²) in [7, 11) is 0. The Bertz CT molecular complexity index is 527. The van der Waals surface area contributed by atoms with E-state index in [1.807, 2.05) is 38.3 Å². The Morgan fingerprint density at radius 3 is 2.78 bits per heavy atom. The zero-order valence-corrected chi connectivity index (χ0v) is 11.6. The first-order valence-electron chi connectivity index (χ1n) is 6.12. The van der Waals surface area contributed by atoms with Crippen molar-refractivity contribution in [1.29, 1.82) is 0 Å². The van der Waals surface area contributed by atoms with Crippen molar-refractivity contribution >= 4 is 22.9 Å². The molecule has 1 atom stereocenters. The summed E-state index contributed by atoms with van der Waals surface area (Å²) in [5, 5.41) is 1.97. The number of rotatable bonds is 1. The van der Waals surface area contributed by atoms with Gasteiger partial charge in [0.15, 0.2) is 0 Å². The smallest absolute Gasteiger partial charge is 0.342 e. The maximum Gasteiger partial charge on any atom is 0.342 e. The van der Waals surface area contributed by atoms with E-state index < -0.39 is 5.79 Å². The molecule has 0 radical (unpaired) electrons. The van der Waals surface area contributed by atoms with Gasteiger partial charge in [-0.2, -0.15) is 0 Å². The molecule has 96 valence electrons. The standard InChI is InChI=1S/C14H16O3S/c1-13(2)7-6-9-11(10-5-4-8-18-10)12(15)16-14(9,3)17-13/h4-5,8H,6-7H2,1-3H3. The maximum atomic E-state index is 12.1. The number of hydrogen-bond donors (Lipinski definition) is 0. The van der Waals surface area contributed by atoms with Gasteiger partial charge in [-0.05, 0) is 38.1 Å². The van der Waals surface area contributed by atoms with Crippen LogP contribution in [0.5, 0.6) is 0 Å². The summed E-state index contributed by atoms with van der Waals surface area (Å²) in [6.07, 6.45) is 1.76. The Hall–Kier alpha value is -1.13. The van der Waals surface area contributed by atoms with Crippen LogP contribution in [-0.4, -0.2) is 17.4 Å². The van der Waals surface area contributed by atoms with E-state index in [1.165, 1.54) is 0 Å². The second-order valence-corrected chi connectivity index (χ2v) is 6.48. The van der Waals surface area contributed by atoms with Gasteiger partial charge in [0, 0.05) is 17.4 Å². The van der Waals surface area contributed by atoms with Crippen molar-refractivity contribution in [3.05, 3.63) is 28.0 Å². The lowest BCUT2D eigenvalue weighted by Crippen LogP contribution is -2.45. The summed E-state index contributed by atoms with van der Waals surface area (Å²) in [6, 6.07) is 3.91. The van der Waals surface area contributed by atoms with Gasteiger partial charge in [-0.25, -0.2) is 4.79 Å². The second-order valence-electron chi connectivity index (χ2n) is 5.53. The lowest BCUT2D eigenvalue weighted by Gasteiger charge is -2.41. The van der Waals surface area contributed by atoms with Gasteiger partial charge in [-0.1, -0.05) is 6.07 Å². The molecule has 1 fully saturated rings. The third kappa shape index (κ3) is 1.71. The summed E-state index contributed by atoms with van der Waals surface area (Å²) < 4.78 is 11.5. The molecule has 0 aromatic carbocycles. The van der Waals surface area contributed by atoms with Gasteiger partial charge in [-0.15, -0.1) is 11.3 Å². The molecule has 1 aromatic rings. The van der Waals surface area contributed by atoms with Crippen LogP contribution in [0.1, 0.15) is 38.5 Å². The molecule has 0 aliphatic carbocycles. The van der Waals surface area contributed by atoms with Crippen LogP contribution in [-0.2, 0) is 14.3 Å². The monoisotopic (exact) mass is 264 g/mol. The van der Waals surface area contributed by atoms with E-state index in [0.29, 0.717) is 5.57 Å². The van der Waals surface area contributed by atoms with Crippen molar-refractivity contribution in [3.8, 4) is 0 Å². The minimum atomic E-state index is -0.877. The highest BCUT2D eigenvalue weighted by Crippen LogP contribution is 2.48. The third-order valence-electron chi connectivity index (χ3n) is 3.56. The first-order chi connectivity index (χ1) is 8.41. The molecule has 0 bridgehead atoms. The van der Waals surface area contributed by atoms with Gasteiger partial charge in [0.25, 0.3) is 0 Å². The SMILES string of the molecule is CC1(C)CCC2=C(c3cccs3)C(=O)OC2(C)O1. The minimum absolute atomic E-state index is 0.247. The number of carbonyl (C=O) groups is 1. The van der Waals surface area contributed by atoms with E-state index in [-0.39, 0.29) is 11.6 Å². The summed E-state index contributed by atoms with van der Waals surface area (Å²) in [4.78, 5) is 13.1. The molecule has 0 spiro atoms. The molecule has 2 aliphatic rings. The van der Waals surface area contributed by atoms with E-state index in [1.54, 1.807) is 11.3 Å². The number of ether oxygens (including phenoxy) is 2. The maximum absolute atomic E-state index is 12.1. The van der Waals surface area contributed by atoms with Gasteiger partial charge in [0.2, 0.25) is 5.79 Å². The summed E-state index contributed by atoms with van der Waals surface area (Å²) >= 11 is 1.56. The van der Waals surface area contributed by atoms with E-state index in [4.69, 9.17) is 9.47 Å². The van der Waals surface area contributed by atoms with Crippen molar-refractivity contribution in [1.82, 2.24) is 0 Å². The Kier molecular flexibility index (Phi) is 2.44. The van der Waals surface area contributed by atoms with Gasteiger partial charge < -0.3 is 9.47 Å². The Labute approximate surface area is 110 Å². The number of thiophene rings is 1. The molecule has 4 heteroatoms. The lowest BCUT2D eigenvalue weighted by molar-refractivity contribution is -0.246. The summed E-state index contributed by atoms with van der Waals surface area (Å²) in [5.74, 6) is -1.13. The normalized spacial score (nSPS) is 30.3. The Morgan fingerprint density at radius 1 is 1.33 bits per heavy atom. The van der Waals surface area contributed by atoms with Crippen LogP contribution in [0, 0.1) is 0 Å². The number of fused-ring (bicyclic) bond motifs is 1. The van der Waals surface area contributed by atoms with Crippen molar-refractivity contribution in [2.45, 2.75) is 45.0 Å². The van der Waals surface area contributed by atoms with Crippen LogP contribution >= 0.6 is 11.3 Å². The molecule has 1 saturated heterocycles. The van der Waals surface area contributed by atoms with Crippen LogP contribution in [0.15, 0.2) is 23.1 Å². The van der Waals surface area contributed by atoms with E-state index >= 15 is 0 Å². The molecule has 2 aliphatic heterocycles. The van der Waals surface area contributed by atoms with Crippen LogP contribution in [0.2, 0.25) is 0 Å². The first kappa shape index (κ1) is 11.9. The molecule has 3 heterocycles. The third-order valence-corrected chi connectivity index (χ3v) is 4.44. The van der Waals surface area contributed by atoms with Crippen molar-refractivity contribution in [2.75, 3.05) is 0 Å². The van der Waals surface area contributed by atoms with Crippen molar-refractivity contribution in [2.24, 2.45) is 0 Å². The van der Waals surface area contributed by atoms with Gasteiger partial charge in [0.05, 0.1) is 11.2 Å². The average Bonchev–Trinajstić information content (AvgIpc) is 2.80. The highest BCUT2D eigenvalue weighted by molar-refractivity contribution is 7.11. The van der Waals surface area contributed by atoms with Crippen LogP contribution in [0.25, 0.3) is 5.57 Å². The minimum Gasteiger partial charge on any atom is -0.426 e. The molecule has 0 amide bonds. The first-order valence-corrected chi connectivity index (χ1v) is 7.00. The van der Waals surface area contributed by atoms with E-state index in [2.05, 4.69) is 0 Å². The molecule has 1 unspecified atom stereocenters. The molecule has 0 saturated carbocycles. The van der Waals surface area contributed by atoms with E-state index in [9.17, 15) is 4.79 Å². The predicted octanol–water partition coefficient (Wildman–Crippen LogP) is 3.36. The highest BCUT2D eigenvalue weighted by atomic mass is 32.1. The topological polar surface area (TPSA) is 35.5 Å². The van der Waals surface area contributed by atoms with Gasteiger partial charge >= 0.3 is 5.97 Å². The number of carbonyl (C=O) groups excluding carboxylic acids is 1. The highest BCUT2D eigenvalue weighted by Gasteiger charge is 2.51. The van der Waals surface area contributed by atoms with Crippen LogP contribution in [0.4, 0.5) is 0 Å². The summed E-state index contributed by atoms with van der Waals surface area (Å²) in [5.41, 5.74) is 1.46. The predicted molar refractivity (Wildman–Crippen MR) is 70.1 cm³/mol. The Balaban J connectivity index is 2.09.